The Morgan fingerprint density at radius 1 is 1.09 bits per heavy atom. The van der Waals surface area contributed by atoms with Crippen LogP contribution in [-0.2, 0) is 26.0 Å². The molecule has 1 N–H and O–H groups in total. The van der Waals surface area contributed by atoms with E-state index in [0.29, 0.717) is 41.9 Å². The maximum atomic E-state index is 13.1. The van der Waals surface area contributed by atoms with Gasteiger partial charge in [-0.15, -0.1) is 0 Å². The van der Waals surface area contributed by atoms with Gasteiger partial charge in [0.1, 0.15) is 16.0 Å². The van der Waals surface area contributed by atoms with Gasteiger partial charge in [0, 0.05) is 24.7 Å². The highest BCUT2D eigenvalue weighted by molar-refractivity contribution is 9.10. The van der Waals surface area contributed by atoms with Crippen molar-refractivity contribution in [3.8, 4) is 5.75 Å². The maximum absolute atomic E-state index is 13.1. The molecule has 34 heavy (non-hydrogen) atoms. The molecule has 0 spiro atoms. The highest BCUT2D eigenvalue weighted by Crippen LogP contribution is 2.36. The van der Waals surface area contributed by atoms with E-state index in [9.17, 15) is 21.4 Å². The van der Waals surface area contributed by atoms with Gasteiger partial charge >= 0.3 is 0 Å². The first kappa shape index (κ1) is 25.1. The number of piperidine rings is 1. The highest BCUT2D eigenvalue weighted by atomic mass is 79.9. The Morgan fingerprint density at radius 2 is 1.74 bits per heavy atom. The molecular weight excluding hydrogens is 546 g/mol. The standard InChI is InChI=1S/C22H26BrN3O6S2/c1-15(2)32-17-3-5-18(6-4-17)34(30,31)26-11-9-16(10-12-26)20-13-25(14-33(27,28)29)22-19(20)7-8-21(23)24-22/h3-8,13,15-16H,9-12,14H2,1-2H3,(H,27,28,29). The number of nitrogens with zero attached hydrogens (tertiary/aromatic N) is 3. The zero-order chi connectivity index (χ0) is 24.7. The van der Waals surface area contributed by atoms with Gasteiger partial charge in [0.15, 0.2) is 5.88 Å². The van der Waals surface area contributed by atoms with Gasteiger partial charge < -0.3 is 9.30 Å². The molecule has 1 aromatic carbocycles. The number of rotatable bonds is 7. The minimum atomic E-state index is -4.26. The van der Waals surface area contributed by atoms with Crippen LogP contribution in [0.5, 0.6) is 5.75 Å². The SMILES string of the molecule is CC(C)Oc1ccc(S(=O)(=O)N2CCC(c3cn(CS(=O)(=O)O)c4nc(Br)ccc34)CC2)cc1. The molecule has 12 heteroatoms. The first-order valence-electron chi connectivity index (χ1n) is 10.8. The molecule has 1 saturated heterocycles. The normalized spacial score (nSPS) is 16.4. The molecule has 2 aromatic heterocycles. The fourth-order valence-electron chi connectivity index (χ4n) is 4.29. The number of pyridine rings is 1. The lowest BCUT2D eigenvalue weighted by Gasteiger charge is -2.31. The monoisotopic (exact) mass is 571 g/mol. The minimum Gasteiger partial charge on any atom is -0.491 e. The minimum absolute atomic E-state index is 0.00114. The molecule has 9 nitrogen and oxygen atoms in total. The van der Waals surface area contributed by atoms with E-state index in [1.165, 1.54) is 8.87 Å². The van der Waals surface area contributed by atoms with Crippen LogP contribution in [0.1, 0.15) is 38.2 Å². The summed E-state index contributed by atoms with van der Waals surface area (Å²) in [5.41, 5.74) is 1.34. The summed E-state index contributed by atoms with van der Waals surface area (Å²) in [6.45, 7) is 4.49. The topological polar surface area (TPSA) is 119 Å². The summed E-state index contributed by atoms with van der Waals surface area (Å²) in [6, 6.07) is 10.1. The quantitative estimate of drug-likeness (QED) is 0.336. The van der Waals surface area contributed by atoms with Crippen LogP contribution in [0.25, 0.3) is 11.0 Å². The summed E-state index contributed by atoms with van der Waals surface area (Å²) in [6.07, 6.45) is 2.85. The van der Waals surface area contributed by atoms with Gasteiger partial charge in [0.25, 0.3) is 10.1 Å². The van der Waals surface area contributed by atoms with Crippen LogP contribution in [0.2, 0.25) is 0 Å². The summed E-state index contributed by atoms with van der Waals surface area (Å²) >= 11 is 3.30. The first-order valence-corrected chi connectivity index (χ1v) is 14.7. The van der Waals surface area contributed by atoms with Crippen molar-refractivity contribution in [3.05, 3.63) is 52.8 Å². The third-order valence-electron chi connectivity index (χ3n) is 5.75. The van der Waals surface area contributed by atoms with Gasteiger partial charge in [-0.05, 0) is 90.5 Å². The van der Waals surface area contributed by atoms with Crippen LogP contribution < -0.4 is 4.74 Å². The van der Waals surface area contributed by atoms with Crippen LogP contribution in [-0.4, -0.2) is 54.4 Å². The van der Waals surface area contributed by atoms with Crippen molar-refractivity contribution in [1.29, 1.82) is 0 Å². The zero-order valence-corrected chi connectivity index (χ0v) is 22.0. The third-order valence-corrected chi connectivity index (χ3v) is 8.71. The van der Waals surface area contributed by atoms with Crippen molar-refractivity contribution in [1.82, 2.24) is 13.9 Å². The zero-order valence-electron chi connectivity index (χ0n) is 18.8. The molecule has 0 saturated carbocycles. The number of sulfonamides is 1. The molecule has 184 valence electrons. The Hall–Kier alpha value is -1.99. The Morgan fingerprint density at radius 3 is 2.32 bits per heavy atom. The van der Waals surface area contributed by atoms with E-state index in [1.807, 2.05) is 19.9 Å². The molecule has 0 radical (unpaired) electrons. The average molecular weight is 573 g/mol. The fraction of sp³-hybridized carbons (Fsp3) is 0.409. The molecule has 3 heterocycles. The number of hydrogen-bond acceptors (Lipinski definition) is 6. The lowest BCUT2D eigenvalue weighted by Crippen LogP contribution is -2.37. The maximum Gasteiger partial charge on any atom is 0.283 e. The molecular formula is C22H26BrN3O6S2. The van der Waals surface area contributed by atoms with E-state index in [4.69, 9.17) is 4.74 Å². The van der Waals surface area contributed by atoms with Gasteiger partial charge in [0.05, 0.1) is 11.0 Å². The molecule has 0 aliphatic carbocycles. The number of aromatic nitrogens is 2. The number of ether oxygens (including phenoxy) is 1. The van der Waals surface area contributed by atoms with Gasteiger partial charge in [0.2, 0.25) is 10.0 Å². The van der Waals surface area contributed by atoms with E-state index >= 15 is 0 Å². The second-order valence-corrected chi connectivity index (χ2v) is 12.8. The predicted molar refractivity (Wildman–Crippen MR) is 132 cm³/mol. The largest absolute Gasteiger partial charge is 0.491 e. The second kappa shape index (κ2) is 9.57. The second-order valence-electron chi connectivity index (χ2n) is 8.59. The summed E-state index contributed by atoms with van der Waals surface area (Å²) in [7, 11) is -7.89. The van der Waals surface area contributed by atoms with Crippen molar-refractivity contribution in [3.63, 3.8) is 0 Å². The fourth-order valence-corrected chi connectivity index (χ4v) is 6.60. The van der Waals surface area contributed by atoms with Gasteiger partial charge in [-0.25, -0.2) is 13.4 Å². The Bertz CT molecular complexity index is 1390. The van der Waals surface area contributed by atoms with Gasteiger partial charge in [-0.2, -0.15) is 12.7 Å². The van der Waals surface area contributed by atoms with Crippen molar-refractivity contribution in [2.24, 2.45) is 0 Å². The number of halogens is 1. The van der Waals surface area contributed by atoms with Crippen molar-refractivity contribution < 1.29 is 26.1 Å². The third kappa shape index (κ3) is 5.46. The summed E-state index contributed by atoms with van der Waals surface area (Å²) < 4.78 is 67.6. The lowest BCUT2D eigenvalue weighted by atomic mass is 9.90. The van der Waals surface area contributed by atoms with E-state index in [-0.39, 0.29) is 16.9 Å². The molecule has 0 atom stereocenters. The van der Waals surface area contributed by atoms with Crippen LogP contribution >= 0.6 is 15.9 Å². The molecule has 0 amide bonds. The molecule has 1 fully saturated rings. The summed E-state index contributed by atoms with van der Waals surface area (Å²) in [5.74, 6) is 0.0482. The summed E-state index contributed by atoms with van der Waals surface area (Å²) in [5, 5.41) is 0.786. The Kier molecular flexibility index (Phi) is 7.07. The van der Waals surface area contributed by atoms with Crippen LogP contribution in [0.3, 0.4) is 0 Å². The van der Waals surface area contributed by atoms with Gasteiger partial charge in [-0.3, -0.25) is 4.55 Å². The molecule has 1 aliphatic rings. The van der Waals surface area contributed by atoms with Crippen molar-refractivity contribution in [2.75, 3.05) is 13.1 Å². The number of hydrogen-bond donors (Lipinski definition) is 1. The van der Waals surface area contributed by atoms with Crippen molar-refractivity contribution in [2.45, 2.75) is 49.5 Å². The van der Waals surface area contributed by atoms with Crippen LogP contribution in [0.4, 0.5) is 0 Å². The average Bonchev–Trinajstić information content (AvgIpc) is 3.09. The highest BCUT2D eigenvalue weighted by Gasteiger charge is 2.31. The molecule has 3 aromatic rings. The first-order chi connectivity index (χ1) is 15.9. The molecule has 1 aliphatic heterocycles. The Balaban J connectivity index is 1.53. The number of benzene rings is 1. The molecule has 0 unspecified atom stereocenters. The smallest absolute Gasteiger partial charge is 0.283 e. The summed E-state index contributed by atoms with van der Waals surface area (Å²) in [4.78, 5) is 4.60. The molecule has 4 rings (SSSR count). The predicted octanol–water partition coefficient (Wildman–Crippen LogP) is 4.00. The lowest BCUT2D eigenvalue weighted by molar-refractivity contribution is 0.242. The van der Waals surface area contributed by atoms with Gasteiger partial charge in [-0.1, -0.05) is 0 Å². The van der Waals surface area contributed by atoms with Crippen LogP contribution in [0.15, 0.2) is 52.1 Å². The number of fused-ring (bicyclic) bond motifs is 1. The van der Waals surface area contributed by atoms with Crippen LogP contribution in [0, 0.1) is 0 Å². The molecule has 0 bridgehead atoms. The van der Waals surface area contributed by atoms with Crippen molar-refractivity contribution >= 4 is 47.1 Å². The Labute approximate surface area is 207 Å². The van der Waals surface area contributed by atoms with E-state index in [2.05, 4.69) is 20.9 Å². The van der Waals surface area contributed by atoms with E-state index in [1.54, 1.807) is 36.5 Å². The van der Waals surface area contributed by atoms with E-state index in [0.717, 1.165) is 10.9 Å². The van der Waals surface area contributed by atoms with E-state index < -0.39 is 26.0 Å².